The lowest BCUT2D eigenvalue weighted by Gasteiger charge is -2.24. The molecule has 2 amide bonds. The number of aromatic nitrogens is 2. The standard InChI is InChI=1S/C14H20N4OS/c1-11(13-5-4-8-20-13)18(3)14(19)15-7-6-12-9-16-17(2)10-12/h4-5,8-11H,6-7H2,1-3H3,(H,15,19). The highest BCUT2D eigenvalue weighted by Crippen LogP contribution is 2.23. The molecular formula is C14H20N4OS. The quantitative estimate of drug-likeness (QED) is 0.920. The van der Waals surface area contributed by atoms with Crippen LogP contribution in [0.3, 0.4) is 0 Å². The Kier molecular flexibility index (Phi) is 4.79. The van der Waals surface area contributed by atoms with Gasteiger partial charge < -0.3 is 10.2 Å². The molecule has 20 heavy (non-hydrogen) atoms. The number of hydrogen-bond acceptors (Lipinski definition) is 3. The number of hydrogen-bond donors (Lipinski definition) is 1. The van der Waals surface area contributed by atoms with Crippen LogP contribution in [0.1, 0.15) is 23.4 Å². The molecule has 0 aliphatic heterocycles. The van der Waals surface area contributed by atoms with Crippen molar-refractivity contribution in [2.75, 3.05) is 13.6 Å². The first-order chi connectivity index (χ1) is 9.58. The largest absolute Gasteiger partial charge is 0.338 e. The summed E-state index contributed by atoms with van der Waals surface area (Å²) < 4.78 is 1.77. The van der Waals surface area contributed by atoms with E-state index in [4.69, 9.17) is 0 Å². The van der Waals surface area contributed by atoms with Crippen molar-refractivity contribution in [3.05, 3.63) is 40.3 Å². The Bertz CT molecular complexity index is 549. The van der Waals surface area contributed by atoms with E-state index in [2.05, 4.69) is 16.5 Å². The lowest BCUT2D eigenvalue weighted by atomic mass is 10.2. The molecule has 5 nitrogen and oxygen atoms in total. The van der Waals surface area contributed by atoms with Gasteiger partial charge in [0.2, 0.25) is 0 Å². The minimum atomic E-state index is -0.0465. The molecule has 2 aromatic rings. The van der Waals surface area contributed by atoms with E-state index in [0.717, 1.165) is 12.0 Å². The minimum Gasteiger partial charge on any atom is -0.338 e. The maximum absolute atomic E-state index is 12.1. The maximum Gasteiger partial charge on any atom is 0.317 e. The third-order valence-corrected chi connectivity index (χ3v) is 4.35. The van der Waals surface area contributed by atoms with Crippen molar-refractivity contribution in [1.29, 1.82) is 0 Å². The van der Waals surface area contributed by atoms with Gasteiger partial charge in [-0.1, -0.05) is 6.07 Å². The van der Waals surface area contributed by atoms with E-state index in [1.54, 1.807) is 20.9 Å². The number of rotatable bonds is 5. The van der Waals surface area contributed by atoms with Crippen molar-refractivity contribution in [2.45, 2.75) is 19.4 Å². The average molecular weight is 292 g/mol. The van der Waals surface area contributed by atoms with Crippen LogP contribution in [0.5, 0.6) is 0 Å². The second-order valence-electron chi connectivity index (χ2n) is 4.81. The summed E-state index contributed by atoms with van der Waals surface area (Å²) in [7, 11) is 3.71. The van der Waals surface area contributed by atoms with E-state index in [9.17, 15) is 4.79 Å². The molecule has 1 unspecified atom stereocenters. The molecule has 1 atom stereocenters. The van der Waals surface area contributed by atoms with E-state index in [0.29, 0.717) is 6.54 Å². The van der Waals surface area contributed by atoms with Crippen molar-refractivity contribution in [1.82, 2.24) is 20.0 Å². The van der Waals surface area contributed by atoms with Gasteiger partial charge in [-0.3, -0.25) is 4.68 Å². The van der Waals surface area contributed by atoms with E-state index in [-0.39, 0.29) is 12.1 Å². The summed E-state index contributed by atoms with van der Waals surface area (Å²) in [6.07, 6.45) is 4.58. The number of nitrogens with one attached hydrogen (secondary N) is 1. The predicted molar refractivity (Wildman–Crippen MR) is 80.8 cm³/mol. The van der Waals surface area contributed by atoms with Crippen LogP contribution in [0.25, 0.3) is 0 Å². The minimum absolute atomic E-state index is 0.0465. The Morgan fingerprint density at radius 3 is 3.00 bits per heavy atom. The van der Waals surface area contributed by atoms with Gasteiger partial charge in [0, 0.05) is 31.7 Å². The lowest BCUT2D eigenvalue weighted by molar-refractivity contribution is 0.195. The van der Waals surface area contributed by atoms with Crippen LogP contribution in [-0.2, 0) is 13.5 Å². The second-order valence-corrected chi connectivity index (χ2v) is 5.79. The molecule has 0 saturated carbocycles. The Morgan fingerprint density at radius 2 is 2.40 bits per heavy atom. The summed E-state index contributed by atoms with van der Waals surface area (Å²) in [5.41, 5.74) is 1.13. The first-order valence-electron chi connectivity index (χ1n) is 6.59. The summed E-state index contributed by atoms with van der Waals surface area (Å²) in [5, 5.41) is 9.07. The van der Waals surface area contributed by atoms with Gasteiger partial charge in [-0.25, -0.2) is 4.79 Å². The van der Waals surface area contributed by atoms with E-state index in [1.807, 2.05) is 44.9 Å². The average Bonchev–Trinajstić information content (AvgIpc) is 3.08. The Balaban J connectivity index is 1.79. The van der Waals surface area contributed by atoms with Crippen LogP contribution in [-0.4, -0.2) is 34.3 Å². The first kappa shape index (κ1) is 14.6. The number of amides is 2. The zero-order valence-electron chi connectivity index (χ0n) is 12.0. The van der Waals surface area contributed by atoms with Gasteiger partial charge in [0.1, 0.15) is 0 Å². The third kappa shape index (κ3) is 3.60. The molecule has 0 fully saturated rings. The second kappa shape index (κ2) is 6.56. The molecule has 0 aliphatic carbocycles. The number of thiophene rings is 1. The lowest BCUT2D eigenvalue weighted by Crippen LogP contribution is -2.39. The fourth-order valence-electron chi connectivity index (χ4n) is 1.94. The highest BCUT2D eigenvalue weighted by molar-refractivity contribution is 7.10. The van der Waals surface area contributed by atoms with Crippen molar-refractivity contribution in [3.63, 3.8) is 0 Å². The first-order valence-corrected chi connectivity index (χ1v) is 7.47. The van der Waals surface area contributed by atoms with Crippen LogP contribution in [0, 0.1) is 0 Å². The van der Waals surface area contributed by atoms with Gasteiger partial charge in [-0.05, 0) is 30.4 Å². The number of carbonyl (C=O) groups is 1. The van der Waals surface area contributed by atoms with Crippen molar-refractivity contribution in [2.24, 2.45) is 7.05 Å². The fourth-order valence-corrected chi connectivity index (χ4v) is 2.76. The van der Waals surface area contributed by atoms with Crippen LogP contribution in [0.2, 0.25) is 0 Å². The normalized spacial score (nSPS) is 12.2. The maximum atomic E-state index is 12.1. The van der Waals surface area contributed by atoms with Crippen molar-refractivity contribution >= 4 is 17.4 Å². The van der Waals surface area contributed by atoms with Gasteiger partial charge in [0.05, 0.1) is 12.2 Å². The van der Waals surface area contributed by atoms with Crippen LogP contribution >= 0.6 is 11.3 Å². The Hall–Kier alpha value is -1.82. The smallest absolute Gasteiger partial charge is 0.317 e. The van der Waals surface area contributed by atoms with Gasteiger partial charge in [-0.2, -0.15) is 5.10 Å². The van der Waals surface area contributed by atoms with Gasteiger partial charge >= 0.3 is 6.03 Å². The summed E-state index contributed by atoms with van der Waals surface area (Å²) in [6, 6.07) is 4.10. The van der Waals surface area contributed by atoms with E-state index >= 15 is 0 Å². The molecule has 2 heterocycles. The van der Waals surface area contributed by atoms with Crippen molar-refractivity contribution in [3.8, 4) is 0 Å². The topological polar surface area (TPSA) is 50.2 Å². The summed E-state index contributed by atoms with van der Waals surface area (Å²) in [5.74, 6) is 0. The number of nitrogens with zero attached hydrogens (tertiary/aromatic N) is 3. The summed E-state index contributed by atoms with van der Waals surface area (Å²) >= 11 is 1.67. The molecule has 2 rings (SSSR count). The highest BCUT2D eigenvalue weighted by Gasteiger charge is 2.17. The zero-order valence-corrected chi connectivity index (χ0v) is 12.9. The monoisotopic (exact) mass is 292 g/mol. The number of urea groups is 1. The van der Waals surface area contributed by atoms with Gasteiger partial charge in [-0.15, -0.1) is 11.3 Å². The van der Waals surface area contributed by atoms with Gasteiger partial charge in [0.25, 0.3) is 0 Å². The van der Waals surface area contributed by atoms with Crippen LogP contribution in [0.15, 0.2) is 29.9 Å². The number of carbonyl (C=O) groups excluding carboxylic acids is 1. The molecule has 108 valence electrons. The molecule has 0 spiro atoms. The molecule has 1 N–H and O–H groups in total. The molecule has 0 saturated heterocycles. The molecule has 0 aromatic carbocycles. The highest BCUT2D eigenvalue weighted by atomic mass is 32.1. The number of aryl methyl sites for hydroxylation is 1. The molecule has 0 aliphatic rings. The molecule has 6 heteroatoms. The van der Waals surface area contributed by atoms with Gasteiger partial charge in [0.15, 0.2) is 0 Å². The summed E-state index contributed by atoms with van der Waals surface area (Å²) in [4.78, 5) is 15.0. The SMILES string of the molecule is CC(c1cccs1)N(C)C(=O)NCCc1cnn(C)c1. The summed E-state index contributed by atoms with van der Waals surface area (Å²) in [6.45, 7) is 2.65. The molecule has 0 bridgehead atoms. The molecular weight excluding hydrogens is 272 g/mol. The van der Waals surface area contributed by atoms with Crippen LogP contribution in [0.4, 0.5) is 4.79 Å². The third-order valence-electron chi connectivity index (χ3n) is 3.30. The Morgan fingerprint density at radius 1 is 1.60 bits per heavy atom. The van der Waals surface area contributed by atoms with Crippen molar-refractivity contribution < 1.29 is 4.79 Å². The van der Waals surface area contributed by atoms with Crippen LogP contribution < -0.4 is 5.32 Å². The predicted octanol–water partition coefficient (Wildman–Crippen LogP) is 2.43. The fraction of sp³-hybridized carbons (Fsp3) is 0.429. The zero-order chi connectivity index (χ0) is 14.5. The molecule has 0 radical (unpaired) electrons. The Labute approximate surface area is 123 Å². The van der Waals surface area contributed by atoms with E-state index < -0.39 is 0 Å². The molecule has 2 aromatic heterocycles. The van der Waals surface area contributed by atoms with E-state index in [1.165, 1.54) is 4.88 Å².